The van der Waals surface area contributed by atoms with E-state index in [0.29, 0.717) is 19.0 Å². The summed E-state index contributed by atoms with van der Waals surface area (Å²) in [5.74, 6) is 1.29. The fourth-order valence-corrected chi connectivity index (χ4v) is 2.06. The summed E-state index contributed by atoms with van der Waals surface area (Å²) in [6.07, 6.45) is 0. The van der Waals surface area contributed by atoms with Crippen LogP contribution in [0.25, 0.3) is 21.9 Å². The van der Waals surface area contributed by atoms with Gasteiger partial charge >= 0.3 is 7.69 Å². The third kappa shape index (κ3) is 1.60. The number of hydrogen-bond acceptors (Lipinski definition) is 4. The second kappa shape index (κ2) is 4.27. The van der Waals surface area contributed by atoms with Crippen LogP contribution in [0, 0.1) is 0 Å². The quantitative estimate of drug-likeness (QED) is 0.715. The summed E-state index contributed by atoms with van der Waals surface area (Å²) in [6.45, 7) is 0. The SMILES string of the molecule is COc1ccc2c(c1)oc1cccc(O[B]O)c12. The molecule has 2 aromatic carbocycles. The molecule has 0 saturated heterocycles. The van der Waals surface area contributed by atoms with Gasteiger partial charge in [-0.1, -0.05) is 6.07 Å². The Labute approximate surface area is 104 Å². The van der Waals surface area contributed by atoms with Gasteiger partial charge in [0.2, 0.25) is 0 Å². The second-order valence-corrected chi connectivity index (χ2v) is 3.82. The summed E-state index contributed by atoms with van der Waals surface area (Å²) in [5.41, 5.74) is 1.43. The zero-order valence-electron chi connectivity index (χ0n) is 9.71. The molecule has 1 N–H and O–H groups in total. The minimum atomic E-state index is 0.555. The van der Waals surface area contributed by atoms with E-state index in [-0.39, 0.29) is 0 Å². The molecule has 0 aliphatic heterocycles. The maximum atomic E-state index is 8.77. The maximum Gasteiger partial charge on any atom is 0.569 e. The zero-order chi connectivity index (χ0) is 12.5. The van der Waals surface area contributed by atoms with Gasteiger partial charge in [0, 0.05) is 11.5 Å². The van der Waals surface area contributed by atoms with Crippen LogP contribution >= 0.6 is 0 Å². The molecule has 1 radical (unpaired) electrons. The zero-order valence-corrected chi connectivity index (χ0v) is 9.71. The van der Waals surface area contributed by atoms with Crippen LogP contribution in [0.3, 0.4) is 0 Å². The highest BCUT2D eigenvalue weighted by molar-refractivity contribution is 6.19. The molecule has 0 unspecified atom stereocenters. The van der Waals surface area contributed by atoms with Crippen LogP contribution in [0.5, 0.6) is 11.5 Å². The summed E-state index contributed by atoms with van der Waals surface area (Å²) < 4.78 is 16.0. The Kier molecular flexibility index (Phi) is 2.61. The van der Waals surface area contributed by atoms with Crippen molar-refractivity contribution in [3.63, 3.8) is 0 Å². The maximum absolute atomic E-state index is 8.77. The lowest BCUT2D eigenvalue weighted by Gasteiger charge is -2.02. The summed E-state index contributed by atoms with van der Waals surface area (Å²) in [6, 6.07) is 11.0. The molecule has 0 spiro atoms. The molecular weight excluding hydrogens is 231 g/mol. The Morgan fingerprint density at radius 3 is 2.83 bits per heavy atom. The highest BCUT2D eigenvalue weighted by atomic mass is 16.5. The van der Waals surface area contributed by atoms with Crippen LogP contribution in [0.4, 0.5) is 0 Å². The lowest BCUT2D eigenvalue weighted by molar-refractivity contribution is 0.414. The van der Waals surface area contributed by atoms with E-state index in [1.807, 2.05) is 24.3 Å². The van der Waals surface area contributed by atoms with Crippen molar-refractivity contribution in [3.05, 3.63) is 36.4 Å². The fraction of sp³-hybridized carbons (Fsp3) is 0.0769. The van der Waals surface area contributed by atoms with Gasteiger partial charge in [-0.15, -0.1) is 0 Å². The van der Waals surface area contributed by atoms with Gasteiger partial charge in [-0.05, 0) is 24.3 Å². The van der Waals surface area contributed by atoms with Crippen LogP contribution in [0.2, 0.25) is 0 Å². The standard InChI is InChI=1S/C13H10BO4/c1-16-8-5-6-9-12(7-8)17-10-3-2-4-11(13(9)10)18-14-15/h2-7,15H,1H3. The van der Waals surface area contributed by atoms with E-state index in [1.54, 1.807) is 19.2 Å². The molecule has 0 aliphatic carbocycles. The second-order valence-electron chi connectivity index (χ2n) is 3.82. The van der Waals surface area contributed by atoms with Crippen molar-refractivity contribution >= 4 is 29.6 Å². The lowest BCUT2D eigenvalue weighted by Crippen LogP contribution is -1.99. The van der Waals surface area contributed by atoms with Gasteiger partial charge in [0.05, 0.1) is 12.5 Å². The van der Waals surface area contributed by atoms with Crippen LogP contribution in [0.15, 0.2) is 40.8 Å². The molecule has 5 heteroatoms. The van der Waals surface area contributed by atoms with E-state index in [9.17, 15) is 0 Å². The number of methoxy groups -OCH3 is 1. The van der Waals surface area contributed by atoms with Gasteiger partial charge < -0.3 is 18.8 Å². The van der Waals surface area contributed by atoms with Gasteiger partial charge in [0.15, 0.2) is 0 Å². The number of furan rings is 1. The van der Waals surface area contributed by atoms with Gasteiger partial charge in [0.1, 0.15) is 22.7 Å². The van der Waals surface area contributed by atoms with Crippen molar-refractivity contribution in [1.29, 1.82) is 0 Å². The van der Waals surface area contributed by atoms with Gasteiger partial charge in [0.25, 0.3) is 0 Å². The first-order chi connectivity index (χ1) is 8.83. The first-order valence-electron chi connectivity index (χ1n) is 5.45. The summed E-state index contributed by atoms with van der Waals surface area (Å²) in [4.78, 5) is 0. The predicted molar refractivity (Wildman–Crippen MR) is 68.9 cm³/mol. The normalized spacial score (nSPS) is 10.8. The molecule has 1 heterocycles. The van der Waals surface area contributed by atoms with Crippen molar-refractivity contribution in [3.8, 4) is 11.5 Å². The molecule has 3 rings (SSSR count). The van der Waals surface area contributed by atoms with Gasteiger partial charge in [-0.3, -0.25) is 0 Å². The third-order valence-electron chi connectivity index (χ3n) is 2.85. The number of ether oxygens (including phenoxy) is 1. The first kappa shape index (κ1) is 11.0. The lowest BCUT2D eigenvalue weighted by atomic mass is 10.1. The Morgan fingerprint density at radius 1 is 1.17 bits per heavy atom. The van der Waals surface area contributed by atoms with Crippen molar-refractivity contribution < 1.29 is 18.8 Å². The molecule has 3 aromatic rings. The van der Waals surface area contributed by atoms with E-state index in [0.717, 1.165) is 22.1 Å². The molecule has 1 aromatic heterocycles. The average molecular weight is 241 g/mol. The van der Waals surface area contributed by atoms with Crippen LogP contribution in [-0.2, 0) is 0 Å². The molecular formula is C13H10BO4. The van der Waals surface area contributed by atoms with Crippen molar-refractivity contribution in [2.75, 3.05) is 7.11 Å². The average Bonchev–Trinajstić information content (AvgIpc) is 2.77. The Balaban J connectivity index is 2.34. The molecule has 0 fully saturated rings. The number of fused-ring (bicyclic) bond motifs is 3. The summed E-state index contributed by atoms with van der Waals surface area (Å²) >= 11 is 0. The highest BCUT2D eigenvalue weighted by Crippen LogP contribution is 2.36. The van der Waals surface area contributed by atoms with Crippen LogP contribution < -0.4 is 9.39 Å². The van der Waals surface area contributed by atoms with Crippen LogP contribution in [0.1, 0.15) is 0 Å². The molecule has 18 heavy (non-hydrogen) atoms. The van der Waals surface area contributed by atoms with Crippen molar-refractivity contribution in [2.24, 2.45) is 0 Å². The summed E-state index contributed by atoms with van der Waals surface area (Å²) in [7, 11) is 2.27. The highest BCUT2D eigenvalue weighted by Gasteiger charge is 2.12. The molecule has 0 saturated carbocycles. The van der Waals surface area contributed by atoms with Gasteiger partial charge in [-0.2, -0.15) is 0 Å². The minimum Gasteiger partial charge on any atom is -0.537 e. The number of rotatable bonds is 3. The molecule has 0 atom stereocenters. The van der Waals surface area contributed by atoms with E-state index < -0.39 is 0 Å². The molecule has 0 aliphatic rings. The van der Waals surface area contributed by atoms with E-state index in [1.165, 1.54) is 0 Å². The van der Waals surface area contributed by atoms with E-state index in [2.05, 4.69) is 0 Å². The predicted octanol–water partition coefficient (Wildman–Crippen LogP) is 2.50. The van der Waals surface area contributed by atoms with Crippen LogP contribution in [-0.4, -0.2) is 19.8 Å². The Bertz CT molecular complexity index is 705. The topological polar surface area (TPSA) is 51.8 Å². The molecule has 4 nitrogen and oxygen atoms in total. The monoisotopic (exact) mass is 241 g/mol. The fourth-order valence-electron chi connectivity index (χ4n) is 2.06. The smallest absolute Gasteiger partial charge is 0.537 e. The molecule has 0 amide bonds. The largest absolute Gasteiger partial charge is 0.569 e. The number of hydrogen-bond donors (Lipinski definition) is 1. The Hall–Kier alpha value is -2.14. The third-order valence-corrected chi connectivity index (χ3v) is 2.85. The van der Waals surface area contributed by atoms with Gasteiger partial charge in [-0.25, -0.2) is 0 Å². The summed E-state index contributed by atoms with van der Waals surface area (Å²) in [5, 5.41) is 10.5. The van der Waals surface area contributed by atoms with E-state index in [4.69, 9.17) is 18.8 Å². The molecule has 0 bridgehead atoms. The van der Waals surface area contributed by atoms with Crippen molar-refractivity contribution in [1.82, 2.24) is 0 Å². The Morgan fingerprint density at radius 2 is 2.06 bits per heavy atom. The first-order valence-corrected chi connectivity index (χ1v) is 5.45. The van der Waals surface area contributed by atoms with E-state index >= 15 is 0 Å². The van der Waals surface area contributed by atoms with Crippen molar-refractivity contribution in [2.45, 2.75) is 0 Å². The number of benzene rings is 2. The minimum absolute atomic E-state index is 0.555. The molecule has 89 valence electrons.